The van der Waals surface area contributed by atoms with Crippen LogP contribution in [0.3, 0.4) is 0 Å². The molecule has 1 fully saturated rings. The summed E-state index contributed by atoms with van der Waals surface area (Å²) in [6, 6.07) is 6.06. The van der Waals surface area contributed by atoms with Crippen molar-refractivity contribution in [3.63, 3.8) is 0 Å². The number of benzene rings is 1. The van der Waals surface area contributed by atoms with Crippen LogP contribution in [0.4, 0.5) is 14.6 Å². The second kappa shape index (κ2) is 7.17. The summed E-state index contributed by atoms with van der Waals surface area (Å²) in [7, 11) is 0. The first-order valence-corrected chi connectivity index (χ1v) is 8.79. The lowest BCUT2D eigenvalue weighted by Gasteiger charge is -2.21. The summed E-state index contributed by atoms with van der Waals surface area (Å²) in [5, 5.41) is 21.0. The molecule has 0 aliphatic carbocycles. The molecule has 9 nitrogen and oxygen atoms in total. The highest BCUT2D eigenvalue weighted by molar-refractivity contribution is 6.04. The van der Waals surface area contributed by atoms with Crippen LogP contribution in [0.25, 0.3) is 0 Å². The zero-order valence-corrected chi connectivity index (χ0v) is 14.9. The Kier molecular flexibility index (Phi) is 4.81. The van der Waals surface area contributed by atoms with Crippen LogP contribution in [0.15, 0.2) is 35.3 Å². The molecule has 154 valence electrons. The fourth-order valence-corrected chi connectivity index (χ4v) is 3.30. The van der Waals surface area contributed by atoms with Gasteiger partial charge in [-0.25, -0.2) is 4.79 Å². The first kappa shape index (κ1) is 19.4. The number of carbonyl (C=O) groups excluding carboxylic acids is 1. The first-order chi connectivity index (χ1) is 13.8. The van der Waals surface area contributed by atoms with E-state index in [1.807, 2.05) is 0 Å². The lowest BCUT2D eigenvalue weighted by atomic mass is 10.1. The molecule has 3 N–H and O–H groups in total. The van der Waals surface area contributed by atoms with E-state index >= 15 is 0 Å². The van der Waals surface area contributed by atoms with Gasteiger partial charge in [0.25, 0.3) is 5.91 Å². The highest BCUT2D eigenvalue weighted by Crippen LogP contribution is 2.42. The summed E-state index contributed by atoms with van der Waals surface area (Å²) in [5.74, 6) is -3.75. The van der Waals surface area contributed by atoms with Crippen molar-refractivity contribution in [2.45, 2.75) is 30.8 Å². The number of halogens is 2. The average Bonchev–Trinajstić information content (AvgIpc) is 3.24. The zero-order valence-electron chi connectivity index (χ0n) is 14.9. The molecule has 3 heterocycles. The van der Waals surface area contributed by atoms with Crippen LogP contribution in [-0.2, 0) is 11.2 Å². The van der Waals surface area contributed by atoms with E-state index in [0.29, 0.717) is 28.9 Å². The number of aliphatic hydroxyl groups is 2. The molecule has 29 heavy (non-hydrogen) atoms. The Hall–Kier alpha value is -2.89. The monoisotopic (exact) mass is 409 g/mol. The summed E-state index contributed by atoms with van der Waals surface area (Å²) in [6.45, 7) is -0.296. The highest BCUT2D eigenvalue weighted by Gasteiger charge is 2.59. The number of aliphatic hydroxyl groups excluding tert-OH is 2. The van der Waals surface area contributed by atoms with Gasteiger partial charge in [0.05, 0.1) is 13.2 Å². The fourth-order valence-electron chi connectivity index (χ4n) is 3.30. The van der Waals surface area contributed by atoms with Crippen molar-refractivity contribution in [1.29, 1.82) is 0 Å². The molecule has 1 unspecified atom stereocenters. The Morgan fingerprint density at radius 3 is 2.86 bits per heavy atom. The second-order valence-electron chi connectivity index (χ2n) is 6.71. The van der Waals surface area contributed by atoms with Crippen LogP contribution >= 0.6 is 0 Å². The molecular formula is C18H17F2N3O6. The van der Waals surface area contributed by atoms with Crippen molar-refractivity contribution in [1.82, 2.24) is 9.55 Å². The summed E-state index contributed by atoms with van der Waals surface area (Å²) >= 11 is 0. The molecule has 0 saturated carbocycles. The van der Waals surface area contributed by atoms with E-state index in [-0.39, 0.29) is 5.82 Å². The Morgan fingerprint density at radius 2 is 2.17 bits per heavy atom. The Balaban J connectivity index is 1.53. The molecule has 4 rings (SSSR count). The van der Waals surface area contributed by atoms with Gasteiger partial charge >= 0.3 is 11.6 Å². The van der Waals surface area contributed by atoms with Gasteiger partial charge in [0.2, 0.25) is 6.23 Å². The van der Waals surface area contributed by atoms with Gasteiger partial charge in [-0.2, -0.15) is 13.8 Å². The first-order valence-electron chi connectivity index (χ1n) is 8.79. The van der Waals surface area contributed by atoms with Crippen LogP contribution in [-0.4, -0.2) is 57.0 Å². The lowest BCUT2D eigenvalue weighted by molar-refractivity contribution is -0.140. The van der Waals surface area contributed by atoms with Gasteiger partial charge in [0.1, 0.15) is 17.7 Å². The van der Waals surface area contributed by atoms with Crippen molar-refractivity contribution >= 4 is 11.7 Å². The van der Waals surface area contributed by atoms with Crippen LogP contribution in [0, 0.1) is 0 Å². The maximum Gasteiger partial charge on any atom is 0.351 e. The molecule has 2 aromatic rings. The number of amides is 1. The van der Waals surface area contributed by atoms with E-state index in [9.17, 15) is 23.5 Å². The Bertz CT molecular complexity index is 1010. The van der Waals surface area contributed by atoms with Crippen LogP contribution in [0.5, 0.6) is 5.75 Å². The number of nitrogens with zero attached hydrogens (tertiary/aromatic N) is 2. The second-order valence-corrected chi connectivity index (χ2v) is 6.71. The molecule has 0 bridgehead atoms. The van der Waals surface area contributed by atoms with E-state index in [1.54, 1.807) is 18.2 Å². The minimum Gasteiger partial charge on any atom is -0.493 e. The van der Waals surface area contributed by atoms with E-state index < -0.39 is 42.6 Å². The predicted octanol–water partition coefficient (Wildman–Crippen LogP) is 0.316. The summed E-state index contributed by atoms with van der Waals surface area (Å²) in [4.78, 5) is 28.2. The van der Waals surface area contributed by atoms with E-state index in [0.717, 1.165) is 17.8 Å². The third-order valence-corrected chi connectivity index (χ3v) is 4.84. The number of fused-ring (bicyclic) bond motifs is 1. The number of rotatable bonds is 4. The van der Waals surface area contributed by atoms with Gasteiger partial charge in [-0.15, -0.1) is 0 Å². The van der Waals surface area contributed by atoms with Crippen molar-refractivity contribution in [3.8, 4) is 5.75 Å². The Morgan fingerprint density at radius 1 is 1.38 bits per heavy atom. The molecule has 0 radical (unpaired) electrons. The van der Waals surface area contributed by atoms with Crippen molar-refractivity contribution in [2.24, 2.45) is 0 Å². The number of anilines is 1. The minimum atomic E-state index is -3.81. The molecule has 0 spiro atoms. The number of hydrogen-bond donors (Lipinski definition) is 3. The standard InChI is InChI=1S/C18H17F2N3O6/c19-18(20)14(25)12(8-24)29-16(18)23-5-3-13(22-17(23)27)21-15(26)10-1-2-11-9(7-10)4-6-28-11/h1-3,5,7,12,14,16,24-25H,4,6,8H2,(H,21,22,26,27)/t12?,14-,16+/m0/s1. The zero-order chi connectivity index (χ0) is 20.8. The third-order valence-electron chi connectivity index (χ3n) is 4.84. The normalized spacial score (nSPS) is 24.8. The molecule has 1 saturated heterocycles. The van der Waals surface area contributed by atoms with E-state index in [4.69, 9.17) is 14.6 Å². The van der Waals surface area contributed by atoms with Crippen LogP contribution in [0.1, 0.15) is 22.1 Å². The quantitative estimate of drug-likeness (QED) is 0.665. The van der Waals surface area contributed by atoms with Gasteiger partial charge in [0.15, 0.2) is 6.10 Å². The van der Waals surface area contributed by atoms with Crippen molar-refractivity contribution < 1.29 is 33.3 Å². The minimum absolute atomic E-state index is 0.131. The molecule has 1 amide bonds. The van der Waals surface area contributed by atoms with Gasteiger partial charge in [0, 0.05) is 18.2 Å². The number of nitrogens with one attached hydrogen (secondary N) is 1. The number of hydrogen-bond acceptors (Lipinski definition) is 7. The number of aromatic nitrogens is 2. The van der Waals surface area contributed by atoms with Crippen molar-refractivity contribution in [3.05, 3.63) is 52.1 Å². The smallest absolute Gasteiger partial charge is 0.351 e. The molecule has 3 atom stereocenters. The highest BCUT2D eigenvalue weighted by atomic mass is 19.3. The molecule has 1 aromatic heterocycles. The Labute approximate surface area is 162 Å². The summed E-state index contributed by atoms with van der Waals surface area (Å²) in [6.07, 6.45) is -4.28. The van der Waals surface area contributed by atoms with E-state index in [1.165, 1.54) is 0 Å². The summed E-state index contributed by atoms with van der Waals surface area (Å²) in [5.41, 5.74) is 0.110. The van der Waals surface area contributed by atoms with Gasteiger partial charge in [-0.05, 0) is 29.8 Å². The number of carbonyl (C=O) groups is 1. The van der Waals surface area contributed by atoms with Gasteiger partial charge in [-0.3, -0.25) is 9.36 Å². The van der Waals surface area contributed by atoms with Crippen LogP contribution < -0.4 is 15.7 Å². The summed E-state index contributed by atoms with van der Waals surface area (Å²) < 4.78 is 39.2. The average molecular weight is 409 g/mol. The largest absolute Gasteiger partial charge is 0.493 e. The lowest BCUT2D eigenvalue weighted by Crippen LogP contribution is -2.41. The SMILES string of the molecule is O=C(Nc1ccn([C@@H]2OC(CO)[C@H](O)C2(F)F)c(=O)n1)c1ccc2c(c1)CCO2. The molecule has 2 aliphatic rings. The molecular weight excluding hydrogens is 392 g/mol. The van der Waals surface area contributed by atoms with Gasteiger partial charge in [-0.1, -0.05) is 0 Å². The van der Waals surface area contributed by atoms with Crippen molar-refractivity contribution in [2.75, 3.05) is 18.5 Å². The molecule has 2 aliphatic heterocycles. The third kappa shape index (κ3) is 3.37. The topological polar surface area (TPSA) is 123 Å². The van der Waals surface area contributed by atoms with Gasteiger partial charge < -0.3 is 25.0 Å². The molecule has 11 heteroatoms. The predicted molar refractivity (Wildman–Crippen MR) is 94.0 cm³/mol. The van der Waals surface area contributed by atoms with Crippen LogP contribution in [0.2, 0.25) is 0 Å². The molecule has 1 aromatic carbocycles. The number of alkyl halides is 2. The maximum atomic E-state index is 14.2. The fraction of sp³-hybridized carbons (Fsp3) is 0.389. The van der Waals surface area contributed by atoms with E-state index in [2.05, 4.69) is 10.3 Å². The maximum absolute atomic E-state index is 14.2. The number of ether oxygens (including phenoxy) is 2.